The van der Waals surface area contributed by atoms with Crippen molar-refractivity contribution >= 4 is 15.8 Å². The number of sulfone groups is 1. The number of hydrogen-bond donors (Lipinski definition) is 2. The van der Waals surface area contributed by atoms with E-state index in [1.54, 1.807) is 7.05 Å². The van der Waals surface area contributed by atoms with Crippen LogP contribution in [0.1, 0.15) is 19.3 Å². The Kier molecular flexibility index (Phi) is 5.83. The summed E-state index contributed by atoms with van der Waals surface area (Å²) in [5.41, 5.74) is 0. The average molecular weight is 319 g/mol. The Morgan fingerprint density at radius 2 is 2.19 bits per heavy atom. The average Bonchev–Trinajstić information content (AvgIpc) is 3.02. The second-order valence-corrected chi connectivity index (χ2v) is 7.86. The van der Waals surface area contributed by atoms with Gasteiger partial charge in [0.2, 0.25) is 0 Å². The minimum atomic E-state index is -2.95. The lowest BCUT2D eigenvalue weighted by Crippen LogP contribution is -2.48. The molecule has 0 aromatic heterocycles. The molecule has 2 heterocycles. The Morgan fingerprint density at radius 3 is 2.76 bits per heavy atom. The number of nitrogens with one attached hydrogen (secondary N) is 2. The first-order valence-corrected chi connectivity index (χ1v) is 9.42. The number of guanidine groups is 1. The summed E-state index contributed by atoms with van der Waals surface area (Å²) in [6.07, 6.45) is 5.25. The van der Waals surface area contributed by atoms with Crippen LogP contribution in [0.4, 0.5) is 0 Å². The smallest absolute Gasteiger partial charge is 0.191 e. The first-order chi connectivity index (χ1) is 9.98. The molecule has 7 nitrogen and oxygen atoms in total. The third-order valence-corrected chi connectivity index (χ3v) is 4.70. The lowest BCUT2D eigenvalue weighted by atomic mass is 9.96. The van der Waals surface area contributed by atoms with Crippen molar-refractivity contribution in [3.05, 3.63) is 0 Å². The van der Waals surface area contributed by atoms with Gasteiger partial charge < -0.3 is 20.1 Å². The normalized spacial score (nSPS) is 28.9. The lowest BCUT2D eigenvalue weighted by molar-refractivity contribution is 0.0992. The lowest BCUT2D eigenvalue weighted by Gasteiger charge is -2.22. The van der Waals surface area contributed by atoms with Crippen molar-refractivity contribution in [3.63, 3.8) is 0 Å². The molecule has 122 valence electrons. The molecule has 0 saturated carbocycles. The molecule has 0 aromatic carbocycles. The fourth-order valence-corrected chi connectivity index (χ4v) is 3.13. The molecule has 0 radical (unpaired) electrons. The van der Waals surface area contributed by atoms with E-state index in [-0.39, 0.29) is 12.4 Å². The molecule has 0 amide bonds. The van der Waals surface area contributed by atoms with Gasteiger partial charge in [-0.25, -0.2) is 8.42 Å². The van der Waals surface area contributed by atoms with Gasteiger partial charge in [-0.15, -0.1) is 0 Å². The van der Waals surface area contributed by atoms with E-state index in [4.69, 9.17) is 9.47 Å². The van der Waals surface area contributed by atoms with Crippen LogP contribution in [0.3, 0.4) is 0 Å². The van der Waals surface area contributed by atoms with E-state index >= 15 is 0 Å². The van der Waals surface area contributed by atoms with Gasteiger partial charge in [0.15, 0.2) is 5.96 Å². The van der Waals surface area contributed by atoms with Crippen molar-refractivity contribution in [2.45, 2.75) is 37.5 Å². The van der Waals surface area contributed by atoms with Crippen LogP contribution in [0.2, 0.25) is 0 Å². The molecule has 2 N–H and O–H groups in total. The fraction of sp³-hybridized carbons (Fsp3) is 0.923. The van der Waals surface area contributed by atoms with E-state index in [0.29, 0.717) is 31.4 Å². The van der Waals surface area contributed by atoms with Crippen LogP contribution in [0.15, 0.2) is 4.99 Å². The van der Waals surface area contributed by atoms with E-state index < -0.39 is 9.84 Å². The Balaban J connectivity index is 1.58. The zero-order valence-corrected chi connectivity index (χ0v) is 13.5. The summed E-state index contributed by atoms with van der Waals surface area (Å²) in [5, 5.41) is 6.54. The summed E-state index contributed by atoms with van der Waals surface area (Å²) in [6.45, 7) is 1.27. The van der Waals surface area contributed by atoms with Gasteiger partial charge in [0.1, 0.15) is 9.84 Å². The Morgan fingerprint density at radius 1 is 1.38 bits per heavy atom. The number of hydrogen-bond acceptors (Lipinski definition) is 5. The summed E-state index contributed by atoms with van der Waals surface area (Å²) >= 11 is 0. The molecule has 8 heteroatoms. The van der Waals surface area contributed by atoms with Gasteiger partial charge in [0.25, 0.3) is 0 Å². The predicted molar refractivity (Wildman–Crippen MR) is 81.3 cm³/mol. The van der Waals surface area contributed by atoms with Crippen molar-refractivity contribution in [2.24, 2.45) is 4.99 Å². The number of aliphatic imine (C=N–C) groups is 1. The molecule has 2 fully saturated rings. The van der Waals surface area contributed by atoms with E-state index in [0.717, 1.165) is 18.8 Å². The summed E-state index contributed by atoms with van der Waals surface area (Å²) in [7, 11) is -1.22. The Hall–Kier alpha value is -0.860. The van der Waals surface area contributed by atoms with E-state index in [2.05, 4.69) is 15.6 Å². The van der Waals surface area contributed by atoms with Crippen LogP contribution < -0.4 is 10.6 Å². The van der Waals surface area contributed by atoms with Gasteiger partial charge in [-0.2, -0.15) is 0 Å². The largest absolute Gasteiger partial charge is 0.379 e. The molecule has 3 atom stereocenters. The maximum Gasteiger partial charge on any atom is 0.191 e. The van der Waals surface area contributed by atoms with Crippen LogP contribution in [0, 0.1) is 0 Å². The van der Waals surface area contributed by atoms with Gasteiger partial charge in [-0.1, -0.05) is 0 Å². The van der Waals surface area contributed by atoms with E-state index in [9.17, 15) is 8.42 Å². The summed E-state index contributed by atoms with van der Waals surface area (Å²) in [5.74, 6) is 0.797. The highest BCUT2D eigenvalue weighted by Gasteiger charge is 2.41. The molecule has 21 heavy (non-hydrogen) atoms. The number of fused-ring (bicyclic) bond motifs is 2. The van der Waals surface area contributed by atoms with Crippen LogP contribution >= 0.6 is 0 Å². The van der Waals surface area contributed by atoms with E-state index in [1.165, 1.54) is 12.7 Å². The first-order valence-electron chi connectivity index (χ1n) is 7.36. The first kappa shape index (κ1) is 16.5. The monoisotopic (exact) mass is 319 g/mol. The number of rotatable bonds is 7. The van der Waals surface area contributed by atoms with Crippen molar-refractivity contribution in [2.75, 3.05) is 38.8 Å². The predicted octanol–water partition coefficient (Wildman–Crippen LogP) is -0.467. The molecule has 2 rings (SSSR count). The van der Waals surface area contributed by atoms with Crippen LogP contribution in [0.25, 0.3) is 0 Å². The number of ether oxygens (including phenoxy) is 2. The maximum absolute atomic E-state index is 10.9. The molecule has 3 unspecified atom stereocenters. The standard InChI is InChI=1S/C13H25N3O4S/c1-14-13(15-5-6-19-7-8-21(2,17)18)16-11-9-10-3-4-12(11)20-10/h10-12H,3-9H2,1-2H3,(H2,14,15,16). The Bertz CT molecular complexity index is 466. The molecule has 0 spiro atoms. The zero-order chi connectivity index (χ0) is 15.3. The summed E-state index contributed by atoms with van der Waals surface area (Å²) < 4.78 is 32.9. The minimum absolute atomic E-state index is 0.0580. The topological polar surface area (TPSA) is 89.0 Å². The second-order valence-electron chi connectivity index (χ2n) is 5.60. The van der Waals surface area contributed by atoms with Crippen LogP contribution in [-0.4, -0.2) is 71.4 Å². The highest BCUT2D eigenvalue weighted by atomic mass is 32.2. The van der Waals surface area contributed by atoms with Crippen molar-refractivity contribution in [3.8, 4) is 0 Å². The molecule has 0 aliphatic carbocycles. The molecule has 2 aliphatic heterocycles. The van der Waals surface area contributed by atoms with Crippen molar-refractivity contribution < 1.29 is 17.9 Å². The zero-order valence-electron chi connectivity index (χ0n) is 12.7. The number of nitrogens with zero attached hydrogens (tertiary/aromatic N) is 1. The Labute approximate surface area is 126 Å². The van der Waals surface area contributed by atoms with Gasteiger partial charge >= 0.3 is 0 Å². The quantitative estimate of drug-likeness (QED) is 0.375. The third kappa shape index (κ3) is 5.44. The highest BCUT2D eigenvalue weighted by molar-refractivity contribution is 7.90. The minimum Gasteiger partial charge on any atom is -0.379 e. The van der Waals surface area contributed by atoms with Crippen LogP contribution in [0.5, 0.6) is 0 Å². The van der Waals surface area contributed by atoms with Crippen molar-refractivity contribution in [1.82, 2.24) is 10.6 Å². The van der Waals surface area contributed by atoms with Gasteiger partial charge in [0.05, 0.1) is 37.2 Å². The molecule has 2 aliphatic rings. The van der Waals surface area contributed by atoms with Crippen molar-refractivity contribution in [1.29, 1.82) is 0 Å². The molecule has 2 saturated heterocycles. The molecule has 2 bridgehead atoms. The summed E-state index contributed by atoms with van der Waals surface area (Å²) in [6, 6.07) is 0.334. The van der Waals surface area contributed by atoms with Gasteiger partial charge in [-0.3, -0.25) is 4.99 Å². The molecular weight excluding hydrogens is 294 g/mol. The second kappa shape index (κ2) is 7.42. The van der Waals surface area contributed by atoms with Gasteiger partial charge in [0, 0.05) is 19.8 Å². The highest BCUT2D eigenvalue weighted by Crippen LogP contribution is 2.34. The van der Waals surface area contributed by atoms with Crippen LogP contribution in [-0.2, 0) is 19.3 Å². The third-order valence-electron chi connectivity index (χ3n) is 3.79. The van der Waals surface area contributed by atoms with E-state index in [1.807, 2.05) is 0 Å². The fourth-order valence-electron chi connectivity index (χ4n) is 2.71. The molecular formula is C13H25N3O4S. The summed E-state index contributed by atoms with van der Waals surface area (Å²) in [4.78, 5) is 4.18. The van der Waals surface area contributed by atoms with Gasteiger partial charge in [-0.05, 0) is 19.3 Å². The SMILES string of the molecule is CN=C(NCCOCCS(C)(=O)=O)NC1CC2CCC1O2. The molecule has 0 aromatic rings. The maximum atomic E-state index is 10.9.